The first-order valence-corrected chi connectivity index (χ1v) is 10.6. The highest BCUT2D eigenvalue weighted by atomic mass is 32.1. The molecule has 3 rings (SSSR count). The molecular weight excluding hydrogens is 384 g/mol. The predicted molar refractivity (Wildman–Crippen MR) is 116 cm³/mol. The minimum Gasteiger partial charge on any atom is -0.350 e. The molecule has 0 saturated carbocycles. The van der Waals surface area contributed by atoms with Crippen molar-refractivity contribution in [1.82, 2.24) is 15.5 Å². The van der Waals surface area contributed by atoms with Gasteiger partial charge in [0.25, 0.3) is 5.91 Å². The molecule has 0 bridgehead atoms. The number of carbonyl (C=O) groups is 2. The Morgan fingerprint density at radius 3 is 2.55 bits per heavy atom. The van der Waals surface area contributed by atoms with Crippen LogP contribution in [0.15, 0.2) is 42.5 Å². The first kappa shape index (κ1) is 21.0. The lowest BCUT2D eigenvalue weighted by atomic mass is 9.83. The van der Waals surface area contributed by atoms with Crippen LogP contribution in [-0.4, -0.2) is 28.2 Å². The summed E-state index contributed by atoms with van der Waals surface area (Å²) in [7, 11) is 0. The molecule has 1 aromatic carbocycles. The maximum absolute atomic E-state index is 12.6. The van der Waals surface area contributed by atoms with Crippen molar-refractivity contribution in [3.8, 4) is 0 Å². The van der Waals surface area contributed by atoms with Crippen LogP contribution in [0.5, 0.6) is 0 Å². The average Bonchev–Trinajstić information content (AvgIpc) is 3.14. The third-order valence-electron chi connectivity index (χ3n) is 5.61. The number of thiophene rings is 1. The van der Waals surface area contributed by atoms with E-state index < -0.39 is 5.54 Å². The van der Waals surface area contributed by atoms with Crippen LogP contribution in [0, 0.1) is 11.3 Å². The first-order valence-electron chi connectivity index (χ1n) is 9.81. The predicted octanol–water partition coefficient (Wildman–Crippen LogP) is 3.91. The summed E-state index contributed by atoms with van der Waals surface area (Å²) < 4.78 is 0. The second-order valence-corrected chi connectivity index (χ2v) is 9.24. The molecule has 2 amide bonds. The molecule has 29 heavy (non-hydrogen) atoms. The van der Waals surface area contributed by atoms with Gasteiger partial charge >= 0.3 is 0 Å². The van der Waals surface area contributed by atoms with Crippen LogP contribution in [0.1, 0.15) is 60.3 Å². The molecule has 6 nitrogen and oxygen atoms in total. The van der Waals surface area contributed by atoms with Gasteiger partial charge in [-0.25, -0.2) is 0 Å². The van der Waals surface area contributed by atoms with Gasteiger partial charge in [-0.1, -0.05) is 44.2 Å². The van der Waals surface area contributed by atoms with Gasteiger partial charge in [0.05, 0.1) is 23.9 Å². The zero-order valence-electron chi connectivity index (χ0n) is 17.3. The molecule has 1 fully saturated rings. The van der Waals surface area contributed by atoms with Gasteiger partial charge in [0.2, 0.25) is 5.91 Å². The number of hydrogen-bond donors (Lipinski definition) is 3. The van der Waals surface area contributed by atoms with Crippen LogP contribution in [0.4, 0.5) is 0 Å². The minimum atomic E-state index is -0.404. The molecule has 1 aromatic heterocycles. The van der Waals surface area contributed by atoms with Crippen LogP contribution in [0.2, 0.25) is 0 Å². The smallest absolute Gasteiger partial charge is 0.261 e. The number of nitrogens with zero attached hydrogens (tertiary/aromatic N) is 1. The van der Waals surface area contributed by atoms with E-state index in [-0.39, 0.29) is 29.7 Å². The molecular formula is C22H28N4O2S. The van der Waals surface area contributed by atoms with Crippen molar-refractivity contribution in [2.24, 2.45) is 5.92 Å². The zero-order chi connectivity index (χ0) is 21.2. The molecule has 7 heteroatoms. The number of guanidine groups is 1. The molecule has 0 spiro atoms. The molecule has 1 saturated heterocycles. The normalized spacial score (nSPS) is 20.5. The summed E-state index contributed by atoms with van der Waals surface area (Å²) >= 11 is 1.35. The average molecular weight is 413 g/mol. The Morgan fingerprint density at radius 2 is 1.93 bits per heavy atom. The molecule has 3 N–H and O–H groups in total. The van der Waals surface area contributed by atoms with Crippen molar-refractivity contribution in [3.63, 3.8) is 0 Å². The van der Waals surface area contributed by atoms with Crippen molar-refractivity contribution in [1.29, 1.82) is 5.41 Å². The number of amides is 2. The molecule has 1 aliphatic rings. The zero-order valence-corrected chi connectivity index (χ0v) is 18.1. The Kier molecular flexibility index (Phi) is 6.07. The monoisotopic (exact) mass is 412 g/mol. The topological polar surface area (TPSA) is 85.3 Å². The molecule has 0 radical (unpaired) electrons. The van der Waals surface area contributed by atoms with Crippen LogP contribution >= 0.6 is 11.3 Å². The Hall–Kier alpha value is -2.67. The van der Waals surface area contributed by atoms with Crippen LogP contribution in [0.3, 0.4) is 0 Å². The first-order chi connectivity index (χ1) is 13.7. The van der Waals surface area contributed by atoms with E-state index in [1.165, 1.54) is 16.2 Å². The third-order valence-corrected chi connectivity index (χ3v) is 6.68. The number of nitrogens with one attached hydrogen (secondary N) is 3. The van der Waals surface area contributed by atoms with Gasteiger partial charge in [-0.3, -0.25) is 19.9 Å². The van der Waals surface area contributed by atoms with Gasteiger partial charge in [0, 0.05) is 10.4 Å². The molecule has 0 aliphatic carbocycles. The van der Waals surface area contributed by atoms with Gasteiger partial charge in [0.15, 0.2) is 5.96 Å². The van der Waals surface area contributed by atoms with E-state index in [2.05, 4.69) is 10.6 Å². The van der Waals surface area contributed by atoms with Crippen LogP contribution in [-0.2, 0) is 11.3 Å². The minimum absolute atomic E-state index is 0.0675. The van der Waals surface area contributed by atoms with E-state index in [1.54, 1.807) is 6.07 Å². The van der Waals surface area contributed by atoms with E-state index in [0.717, 1.165) is 10.4 Å². The Labute approximate surface area is 175 Å². The summed E-state index contributed by atoms with van der Waals surface area (Å²) in [5.41, 5.74) is 0.642. The van der Waals surface area contributed by atoms with Crippen LogP contribution < -0.4 is 10.6 Å². The molecule has 1 aliphatic heterocycles. The van der Waals surface area contributed by atoms with Gasteiger partial charge < -0.3 is 10.6 Å². The number of hydrogen-bond acceptors (Lipinski definition) is 4. The number of rotatable bonds is 6. The van der Waals surface area contributed by atoms with Crippen molar-refractivity contribution < 1.29 is 9.59 Å². The molecule has 2 atom stereocenters. The fraction of sp³-hybridized carbons (Fsp3) is 0.409. The highest BCUT2D eigenvalue weighted by Crippen LogP contribution is 2.28. The van der Waals surface area contributed by atoms with Gasteiger partial charge in [-0.2, -0.15) is 0 Å². The second-order valence-electron chi connectivity index (χ2n) is 8.07. The maximum Gasteiger partial charge on any atom is 0.261 e. The Balaban J connectivity index is 1.64. The van der Waals surface area contributed by atoms with E-state index in [0.29, 0.717) is 17.8 Å². The lowest BCUT2D eigenvalue weighted by Gasteiger charge is -2.43. The molecule has 2 heterocycles. The van der Waals surface area contributed by atoms with E-state index in [4.69, 9.17) is 5.41 Å². The molecule has 154 valence electrons. The largest absolute Gasteiger partial charge is 0.350 e. The van der Waals surface area contributed by atoms with Crippen molar-refractivity contribution in [3.05, 3.63) is 57.8 Å². The fourth-order valence-corrected chi connectivity index (χ4v) is 4.17. The summed E-state index contributed by atoms with van der Waals surface area (Å²) in [5.74, 6) is 0.150. The Morgan fingerprint density at radius 1 is 1.24 bits per heavy atom. The number of benzene rings is 1. The second kappa shape index (κ2) is 8.37. The van der Waals surface area contributed by atoms with Gasteiger partial charge in [-0.05, 0) is 37.5 Å². The number of carbonyl (C=O) groups excluding carboxylic acids is 2. The summed E-state index contributed by atoms with van der Waals surface area (Å²) in [6.07, 6.45) is 0.348. The summed E-state index contributed by atoms with van der Waals surface area (Å²) in [6.45, 7) is 8.31. The van der Waals surface area contributed by atoms with E-state index >= 15 is 0 Å². The highest BCUT2D eigenvalue weighted by Gasteiger charge is 2.40. The summed E-state index contributed by atoms with van der Waals surface area (Å²) in [5, 5.41) is 14.5. The van der Waals surface area contributed by atoms with Gasteiger partial charge in [-0.15, -0.1) is 11.3 Å². The van der Waals surface area contributed by atoms with Crippen molar-refractivity contribution in [2.75, 3.05) is 0 Å². The van der Waals surface area contributed by atoms with Crippen LogP contribution in [0.25, 0.3) is 0 Å². The summed E-state index contributed by atoms with van der Waals surface area (Å²) in [6, 6.07) is 13.3. The van der Waals surface area contributed by atoms with Crippen molar-refractivity contribution in [2.45, 2.75) is 52.2 Å². The quantitative estimate of drug-likeness (QED) is 0.672. The maximum atomic E-state index is 12.6. The molecule has 2 aromatic rings. The fourth-order valence-electron chi connectivity index (χ4n) is 3.27. The van der Waals surface area contributed by atoms with E-state index in [1.807, 2.05) is 64.1 Å². The summed E-state index contributed by atoms with van der Waals surface area (Å²) in [4.78, 5) is 28.1. The van der Waals surface area contributed by atoms with Crippen molar-refractivity contribution >= 4 is 29.1 Å². The third kappa shape index (κ3) is 4.67. The molecule has 0 unspecified atom stereocenters. The lowest BCUT2D eigenvalue weighted by molar-refractivity contribution is -0.131. The van der Waals surface area contributed by atoms with E-state index in [9.17, 15) is 9.59 Å². The Bertz CT molecular complexity index is 889. The standard InChI is InChI=1S/C22H28N4O2S/c1-14(2)22(4)12-19(27)26(21(23)25-22)13-17-10-11-18(29-17)20(28)24-15(3)16-8-6-5-7-9-16/h5-11,14-15H,12-13H2,1-4H3,(H2,23,25)(H,24,28)/t15-,22-/m0/s1. The SMILES string of the molecule is CC(C)[C@]1(C)CC(=O)N(Cc2ccc(C(=O)N[C@@H](C)c3ccccc3)s2)C(=N)N1. The van der Waals surface area contributed by atoms with Gasteiger partial charge in [0.1, 0.15) is 0 Å². The highest BCUT2D eigenvalue weighted by molar-refractivity contribution is 7.14. The lowest BCUT2D eigenvalue weighted by Crippen LogP contribution is -2.62.